The van der Waals surface area contributed by atoms with Gasteiger partial charge in [0.15, 0.2) is 0 Å². The van der Waals surface area contributed by atoms with E-state index in [2.05, 4.69) is 17.6 Å². The van der Waals surface area contributed by atoms with Gasteiger partial charge in [0.05, 0.1) is 4.90 Å². The highest BCUT2D eigenvalue weighted by Crippen LogP contribution is 2.32. The van der Waals surface area contributed by atoms with Crippen molar-refractivity contribution >= 4 is 12.6 Å². The van der Waals surface area contributed by atoms with Crippen molar-refractivity contribution in [2.75, 3.05) is 0 Å². The Kier molecular flexibility index (Phi) is 2.41. The van der Waals surface area contributed by atoms with Gasteiger partial charge in [-0.25, -0.2) is 0 Å². The summed E-state index contributed by atoms with van der Waals surface area (Å²) in [7, 11) is 0. The number of aromatic hydroxyl groups is 1. The van der Waals surface area contributed by atoms with Crippen molar-refractivity contribution in [2.45, 2.75) is 4.90 Å². The lowest BCUT2D eigenvalue weighted by atomic mass is 10.1. The second kappa shape index (κ2) is 3.72. The maximum absolute atomic E-state index is 9.46. The zero-order chi connectivity index (χ0) is 9.97. The Balaban J connectivity index is 2.58. The second-order valence-corrected chi connectivity index (χ2v) is 3.36. The third-order valence-corrected chi connectivity index (χ3v) is 2.46. The Labute approximate surface area is 87.7 Å². The first-order chi connectivity index (χ1) is 6.79. The number of benzene rings is 1. The van der Waals surface area contributed by atoms with E-state index < -0.39 is 0 Å². The van der Waals surface area contributed by atoms with Crippen molar-refractivity contribution in [1.29, 1.82) is 0 Å². The van der Waals surface area contributed by atoms with Gasteiger partial charge >= 0.3 is 0 Å². The number of phenols is 1. The minimum atomic E-state index is 0.190. The number of aromatic nitrogens is 1. The molecule has 0 aliphatic heterocycles. The summed E-state index contributed by atoms with van der Waals surface area (Å²) in [6.07, 6.45) is 3.46. The van der Waals surface area contributed by atoms with E-state index in [9.17, 15) is 5.11 Å². The van der Waals surface area contributed by atoms with Crippen LogP contribution in [0.4, 0.5) is 0 Å². The molecule has 2 aromatic rings. The van der Waals surface area contributed by atoms with Crippen LogP contribution in [0.1, 0.15) is 0 Å². The molecule has 0 amide bonds. The minimum Gasteiger partial charge on any atom is -0.507 e. The lowest BCUT2D eigenvalue weighted by Crippen LogP contribution is -1.81. The summed E-state index contributed by atoms with van der Waals surface area (Å²) in [6.45, 7) is 0. The SMILES string of the molecule is Oc1cccc(-c2cccnc2)c1S. The molecular weight excluding hydrogens is 194 g/mol. The monoisotopic (exact) mass is 203 g/mol. The number of hydrogen-bond acceptors (Lipinski definition) is 3. The van der Waals surface area contributed by atoms with Crippen molar-refractivity contribution in [3.63, 3.8) is 0 Å². The van der Waals surface area contributed by atoms with Gasteiger partial charge < -0.3 is 5.11 Å². The standard InChI is InChI=1S/C11H9NOS/c13-10-5-1-4-9(11(10)14)8-3-2-6-12-7-8/h1-7,13-14H. The van der Waals surface area contributed by atoms with Gasteiger partial charge in [-0.2, -0.15) is 0 Å². The van der Waals surface area contributed by atoms with Crippen LogP contribution in [-0.4, -0.2) is 10.1 Å². The average molecular weight is 203 g/mol. The number of nitrogens with zero attached hydrogens (tertiary/aromatic N) is 1. The molecule has 0 aliphatic rings. The smallest absolute Gasteiger partial charge is 0.129 e. The number of hydrogen-bond donors (Lipinski definition) is 2. The molecule has 0 spiro atoms. The molecule has 0 atom stereocenters. The Morgan fingerprint density at radius 3 is 2.71 bits per heavy atom. The Bertz CT molecular complexity index is 442. The van der Waals surface area contributed by atoms with Crippen LogP contribution in [0.5, 0.6) is 5.75 Å². The molecule has 0 unspecified atom stereocenters. The summed E-state index contributed by atoms with van der Waals surface area (Å²) in [5, 5.41) is 9.46. The van der Waals surface area contributed by atoms with Crippen molar-refractivity contribution in [2.24, 2.45) is 0 Å². The molecule has 0 fully saturated rings. The van der Waals surface area contributed by atoms with Crippen molar-refractivity contribution < 1.29 is 5.11 Å². The van der Waals surface area contributed by atoms with E-state index >= 15 is 0 Å². The van der Waals surface area contributed by atoms with E-state index in [1.54, 1.807) is 24.5 Å². The number of pyridine rings is 1. The highest BCUT2D eigenvalue weighted by molar-refractivity contribution is 7.80. The van der Waals surface area contributed by atoms with E-state index in [1.165, 1.54) is 0 Å². The molecule has 1 aromatic heterocycles. The lowest BCUT2D eigenvalue weighted by molar-refractivity contribution is 0.463. The first kappa shape index (κ1) is 9.09. The lowest BCUT2D eigenvalue weighted by Gasteiger charge is -2.05. The molecule has 2 rings (SSSR count). The maximum atomic E-state index is 9.46. The summed E-state index contributed by atoms with van der Waals surface area (Å²) < 4.78 is 0. The van der Waals surface area contributed by atoms with Gasteiger partial charge in [-0.3, -0.25) is 4.98 Å². The average Bonchev–Trinajstić information content (AvgIpc) is 2.23. The summed E-state index contributed by atoms with van der Waals surface area (Å²) in [5.41, 5.74) is 1.84. The maximum Gasteiger partial charge on any atom is 0.129 e. The van der Waals surface area contributed by atoms with Gasteiger partial charge in [0.1, 0.15) is 5.75 Å². The van der Waals surface area contributed by atoms with Gasteiger partial charge in [0.25, 0.3) is 0 Å². The first-order valence-electron chi connectivity index (χ1n) is 4.20. The fraction of sp³-hybridized carbons (Fsp3) is 0. The normalized spacial score (nSPS) is 10.1. The third kappa shape index (κ3) is 1.59. The molecule has 3 heteroatoms. The van der Waals surface area contributed by atoms with Gasteiger partial charge in [0.2, 0.25) is 0 Å². The van der Waals surface area contributed by atoms with E-state index in [4.69, 9.17) is 0 Å². The van der Waals surface area contributed by atoms with E-state index in [1.807, 2.05) is 18.2 Å². The summed E-state index contributed by atoms with van der Waals surface area (Å²) in [5.74, 6) is 0.190. The molecular formula is C11H9NOS. The van der Waals surface area contributed by atoms with Crippen LogP contribution in [-0.2, 0) is 0 Å². The van der Waals surface area contributed by atoms with Crippen LogP contribution in [0.25, 0.3) is 11.1 Å². The van der Waals surface area contributed by atoms with Crippen molar-refractivity contribution in [3.8, 4) is 16.9 Å². The Morgan fingerprint density at radius 1 is 1.14 bits per heavy atom. The molecule has 0 bridgehead atoms. The van der Waals surface area contributed by atoms with Crippen LogP contribution in [0, 0.1) is 0 Å². The van der Waals surface area contributed by atoms with Crippen molar-refractivity contribution in [1.82, 2.24) is 4.98 Å². The predicted octanol–water partition coefficient (Wildman–Crippen LogP) is 2.74. The van der Waals surface area contributed by atoms with Gasteiger partial charge in [-0.1, -0.05) is 18.2 Å². The number of rotatable bonds is 1. The molecule has 0 aliphatic carbocycles. The summed E-state index contributed by atoms with van der Waals surface area (Å²) in [4.78, 5) is 4.60. The van der Waals surface area contributed by atoms with Gasteiger partial charge in [-0.15, -0.1) is 12.6 Å². The van der Waals surface area contributed by atoms with Crippen LogP contribution < -0.4 is 0 Å². The Morgan fingerprint density at radius 2 is 2.00 bits per heavy atom. The quantitative estimate of drug-likeness (QED) is 0.699. The minimum absolute atomic E-state index is 0.190. The number of phenolic OH excluding ortho intramolecular Hbond substituents is 1. The molecule has 1 heterocycles. The van der Waals surface area contributed by atoms with Crippen molar-refractivity contribution in [3.05, 3.63) is 42.7 Å². The largest absolute Gasteiger partial charge is 0.507 e. The fourth-order valence-corrected chi connectivity index (χ4v) is 1.56. The molecule has 0 saturated carbocycles. The molecule has 70 valence electrons. The van der Waals surface area contributed by atoms with Gasteiger partial charge in [0, 0.05) is 23.5 Å². The van der Waals surface area contributed by atoms with Crippen LogP contribution in [0.3, 0.4) is 0 Å². The van der Waals surface area contributed by atoms with E-state index in [0.29, 0.717) is 4.90 Å². The zero-order valence-corrected chi connectivity index (χ0v) is 8.28. The highest BCUT2D eigenvalue weighted by Gasteiger charge is 2.04. The fourth-order valence-electron chi connectivity index (χ4n) is 1.29. The molecule has 0 saturated heterocycles. The van der Waals surface area contributed by atoms with Gasteiger partial charge in [-0.05, 0) is 12.1 Å². The topological polar surface area (TPSA) is 33.1 Å². The Hall–Kier alpha value is -1.48. The van der Waals surface area contributed by atoms with E-state index in [0.717, 1.165) is 11.1 Å². The van der Waals surface area contributed by atoms with Crippen LogP contribution >= 0.6 is 12.6 Å². The van der Waals surface area contributed by atoms with Crippen LogP contribution in [0.15, 0.2) is 47.6 Å². The third-order valence-electron chi connectivity index (χ3n) is 1.99. The highest BCUT2D eigenvalue weighted by atomic mass is 32.1. The first-order valence-corrected chi connectivity index (χ1v) is 4.65. The molecule has 1 aromatic carbocycles. The molecule has 2 nitrogen and oxygen atoms in total. The zero-order valence-electron chi connectivity index (χ0n) is 7.38. The second-order valence-electron chi connectivity index (χ2n) is 2.92. The summed E-state index contributed by atoms with van der Waals surface area (Å²) >= 11 is 4.24. The predicted molar refractivity (Wildman–Crippen MR) is 58.6 cm³/mol. The molecule has 14 heavy (non-hydrogen) atoms. The van der Waals surface area contributed by atoms with Crippen LogP contribution in [0.2, 0.25) is 0 Å². The summed E-state index contributed by atoms with van der Waals surface area (Å²) in [6, 6.07) is 9.09. The molecule has 1 N–H and O–H groups in total. The van der Waals surface area contributed by atoms with E-state index in [-0.39, 0.29) is 5.75 Å². The number of thiol groups is 1. The molecule has 0 radical (unpaired) electrons.